The summed E-state index contributed by atoms with van der Waals surface area (Å²) in [7, 11) is 0. The molecule has 2 atom stereocenters. The summed E-state index contributed by atoms with van der Waals surface area (Å²) >= 11 is 1.34. The molecule has 1 aliphatic rings. The Hall–Kier alpha value is -4.34. The maximum absolute atomic E-state index is 13.8. The number of esters is 2. The van der Waals surface area contributed by atoms with Crippen LogP contribution in [0.15, 0.2) is 48.5 Å². The quantitative estimate of drug-likeness (QED) is 0.0326. The topological polar surface area (TPSA) is 177 Å². The van der Waals surface area contributed by atoms with Gasteiger partial charge in [-0.2, -0.15) is 11.8 Å². The van der Waals surface area contributed by atoms with Crippen LogP contribution in [0, 0.1) is 0 Å². The van der Waals surface area contributed by atoms with Crippen molar-refractivity contribution in [2.75, 3.05) is 64.2 Å². The number of carbonyl (C=O) groups excluding carboxylic acids is 5. The Morgan fingerprint density at radius 1 is 0.547 bits per heavy atom. The molecule has 3 rings (SSSR count). The van der Waals surface area contributed by atoms with Gasteiger partial charge in [-0.3, -0.25) is 14.4 Å². The number of ether oxygens (including phenoxy) is 6. The van der Waals surface area contributed by atoms with E-state index in [4.69, 9.17) is 28.4 Å². The molecule has 0 aliphatic heterocycles. The second-order valence-electron chi connectivity index (χ2n) is 20.9. The van der Waals surface area contributed by atoms with Gasteiger partial charge < -0.3 is 44.4 Å². The number of unbranched alkanes of at least 4 members (excludes halogenated alkanes) is 17. The Morgan fingerprint density at radius 3 is 1.56 bits per heavy atom. The third-order valence-corrected chi connectivity index (χ3v) is 14.1. The SMILES string of the molecule is CCCCCCCCCCCC(=O)OC[C@H](CSC[C@H](NC(=O)OCC1c2ccccc2-c2ccccc21)C(=O)NCCCOCCCCOCCCNC(=O)OC(C)(C)C)OC(=O)CCCCCCCCCCC. The first-order valence-electron chi connectivity index (χ1n) is 28.9. The second-order valence-corrected chi connectivity index (χ2v) is 21.9. The van der Waals surface area contributed by atoms with Crippen molar-refractivity contribution in [3.63, 3.8) is 0 Å². The molecule has 3 amide bonds. The normalized spacial score (nSPS) is 12.8. The molecule has 0 unspecified atom stereocenters. The molecule has 0 radical (unpaired) electrons. The number of carbonyl (C=O) groups is 5. The maximum atomic E-state index is 13.8. The fourth-order valence-electron chi connectivity index (χ4n) is 8.86. The summed E-state index contributed by atoms with van der Waals surface area (Å²) in [5.41, 5.74) is 3.87. The molecular weight excluding hydrogens is 971 g/mol. The van der Waals surface area contributed by atoms with Crippen molar-refractivity contribution in [1.82, 2.24) is 16.0 Å². The molecule has 0 heterocycles. The first-order chi connectivity index (χ1) is 36.4. The third kappa shape index (κ3) is 30.9. The van der Waals surface area contributed by atoms with Crippen molar-refractivity contribution < 1.29 is 52.4 Å². The van der Waals surface area contributed by atoms with Gasteiger partial charge in [-0.05, 0) is 81.5 Å². The van der Waals surface area contributed by atoms with E-state index in [-0.39, 0.29) is 54.9 Å². The number of fused-ring (bicyclic) bond motifs is 3. The molecule has 0 spiro atoms. The molecule has 424 valence electrons. The van der Waals surface area contributed by atoms with E-state index < -0.39 is 29.9 Å². The van der Waals surface area contributed by atoms with Gasteiger partial charge in [0.15, 0.2) is 0 Å². The Kier molecular flexibility index (Phi) is 35.4. The first kappa shape index (κ1) is 64.9. The lowest BCUT2D eigenvalue weighted by Gasteiger charge is -2.21. The monoisotopic (exact) mass is 1070 g/mol. The number of alkyl carbamates (subject to hydrolysis) is 2. The predicted octanol–water partition coefficient (Wildman–Crippen LogP) is 13.2. The number of rotatable bonds is 44. The lowest BCUT2D eigenvalue weighted by Crippen LogP contribution is -2.49. The van der Waals surface area contributed by atoms with Gasteiger partial charge in [0.1, 0.15) is 31.0 Å². The van der Waals surface area contributed by atoms with Crippen LogP contribution in [0.1, 0.15) is 206 Å². The van der Waals surface area contributed by atoms with Crippen LogP contribution in [-0.2, 0) is 42.8 Å². The maximum Gasteiger partial charge on any atom is 0.407 e. The first-order valence-corrected chi connectivity index (χ1v) is 30.0. The average molecular weight is 1070 g/mol. The molecule has 0 saturated heterocycles. The number of nitrogens with one attached hydrogen (secondary N) is 3. The average Bonchev–Trinajstić information content (AvgIpc) is 3.71. The lowest BCUT2D eigenvalue weighted by molar-refractivity contribution is -0.157. The van der Waals surface area contributed by atoms with Crippen LogP contribution in [0.25, 0.3) is 11.1 Å². The standard InChI is InChI=1S/C60H97N3O11S/c1-6-8-10-12-14-16-18-20-22-36-55(64)71-44-48(73-56(65)37-23-21-19-17-15-13-11-9-7-2)46-75-47-54(63-59(68)72-45-53-51-34-26-24-32-49(51)50-33-25-27-35-52(50)53)57(66)61-38-30-42-69-40-28-29-41-70-43-31-39-62-58(67)74-60(3,4)5/h24-27,32-35,48,53-54H,6-23,28-31,36-47H2,1-5H3,(H,61,66)(H,62,67)(H,63,68)/t48-,54+/m1/s1. The van der Waals surface area contributed by atoms with Gasteiger partial charge in [0.2, 0.25) is 5.91 Å². The lowest BCUT2D eigenvalue weighted by atomic mass is 9.98. The van der Waals surface area contributed by atoms with E-state index in [1.807, 2.05) is 45.0 Å². The molecule has 2 aromatic carbocycles. The number of hydrogen-bond acceptors (Lipinski definition) is 12. The minimum Gasteiger partial charge on any atom is -0.462 e. The number of thioether (sulfide) groups is 1. The van der Waals surface area contributed by atoms with E-state index in [1.165, 1.54) is 82.4 Å². The van der Waals surface area contributed by atoms with E-state index >= 15 is 0 Å². The Balaban J connectivity index is 1.51. The zero-order valence-electron chi connectivity index (χ0n) is 46.8. The molecule has 0 saturated carbocycles. The van der Waals surface area contributed by atoms with Gasteiger partial charge >= 0.3 is 24.1 Å². The van der Waals surface area contributed by atoms with Crippen LogP contribution in [0.5, 0.6) is 0 Å². The van der Waals surface area contributed by atoms with Crippen LogP contribution >= 0.6 is 11.8 Å². The van der Waals surface area contributed by atoms with Crippen molar-refractivity contribution >= 4 is 41.8 Å². The van der Waals surface area contributed by atoms with Crippen molar-refractivity contribution in [3.05, 3.63) is 59.7 Å². The Labute approximate surface area is 455 Å². The molecule has 0 fully saturated rings. The van der Waals surface area contributed by atoms with Crippen molar-refractivity contribution in [1.29, 1.82) is 0 Å². The third-order valence-electron chi connectivity index (χ3n) is 13.0. The van der Waals surface area contributed by atoms with Gasteiger partial charge in [0.05, 0.1) is 0 Å². The second kappa shape index (κ2) is 40.9. The fourth-order valence-corrected chi connectivity index (χ4v) is 9.90. The highest BCUT2D eigenvalue weighted by molar-refractivity contribution is 7.99. The zero-order valence-corrected chi connectivity index (χ0v) is 47.6. The predicted molar refractivity (Wildman–Crippen MR) is 301 cm³/mol. The Bertz CT molecular complexity index is 1830. The zero-order chi connectivity index (χ0) is 54.2. The summed E-state index contributed by atoms with van der Waals surface area (Å²) in [4.78, 5) is 65.1. The van der Waals surface area contributed by atoms with Crippen LogP contribution in [-0.4, -0.2) is 112 Å². The Morgan fingerprint density at radius 2 is 1.03 bits per heavy atom. The van der Waals surface area contributed by atoms with E-state index in [0.29, 0.717) is 58.8 Å². The molecule has 75 heavy (non-hydrogen) atoms. The number of hydrogen-bond donors (Lipinski definition) is 3. The summed E-state index contributed by atoms with van der Waals surface area (Å²) in [5, 5.41) is 8.50. The smallest absolute Gasteiger partial charge is 0.407 e. The summed E-state index contributed by atoms with van der Waals surface area (Å²) in [6, 6.07) is 15.3. The molecule has 15 heteroatoms. The molecule has 1 aliphatic carbocycles. The molecule has 0 aromatic heterocycles. The molecule has 3 N–H and O–H groups in total. The molecule has 2 aromatic rings. The van der Waals surface area contributed by atoms with Crippen molar-refractivity contribution in [3.8, 4) is 11.1 Å². The van der Waals surface area contributed by atoms with E-state index in [2.05, 4.69) is 54.1 Å². The van der Waals surface area contributed by atoms with Gasteiger partial charge in [-0.25, -0.2) is 9.59 Å². The van der Waals surface area contributed by atoms with Crippen LogP contribution in [0.2, 0.25) is 0 Å². The largest absolute Gasteiger partial charge is 0.462 e. The summed E-state index contributed by atoms with van der Waals surface area (Å²) in [6.07, 6.45) is 22.1. The molecule has 14 nitrogen and oxygen atoms in total. The van der Waals surface area contributed by atoms with E-state index in [1.54, 1.807) is 0 Å². The van der Waals surface area contributed by atoms with E-state index in [0.717, 1.165) is 80.0 Å². The highest BCUT2D eigenvalue weighted by atomic mass is 32.2. The van der Waals surface area contributed by atoms with E-state index in [9.17, 15) is 24.0 Å². The minimum absolute atomic E-state index is 0.0778. The van der Waals surface area contributed by atoms with Gasteiger partial charge in [-0.15, -0.1) is 0 Å². The summed E-state index contributed by atoms with van der Waals surface area (Å²) in [6.45, 7) is 12.9. The summed E-state index contributed by atoms with van der Waals surface area (Å²) < 4.78 is 34.2. The van der Waals surface area contributed by atoms with Crippen molar-refractivity contribution in [2.24, 2.45) is 0 Å². The number of amides is 3. The summed E-state index contributed by atoms with van der Waals surface area (Å²) in [5.74, 6) is -0.746. The van der Waals surface area contributed by atoms with Gasteiger partial charge in [0.25, 0.3) is 0 Å². The molecule has 0 bridgehead atoms. The highest BCUT2D eigenvalue weighted by Crippen LogP contribution is 2.44. The van der Waals surface area contributed by atoms with Crippen LogP contribution in [0.3, 0.4) is 0 Å². The van der Waals surface area contributed by atoms with Crippen molar-refractivity contribution in [2.45, 2.75) is 212 Å². The molecular formula is C60H97N3O11S. The highest BCUT2D eigenvalue weighted by Gasteiger charge is 2.30. The minimum atomic E-state index is -0.966. The fraction of sp³-hybridized carbons (Fsp3) is 0.717. The van der Waals surface area contributed by atoms with Crippen LogP contribution in [0.4, 0.5) is 9.59 Å². The van der Waals surface area contributed by atoms with Crippen LogP contribution < -0.4 is 16.0 Å². The van der Waals surface area contributed by atoms with Gasteiger partial charge in [0, 0.05) is 69.8 Å². The number of benzene rings is 2. The van der Waals surface area contributed by atoms with Gasteiger partial charge in [-0.1, -0.05) is 165 Å².